The van der Waals surface area contributed by atoms with Crippen LogP contribution in [0.25, 0.3) is 10.8 Å². The van der Waals surface area contributed by atoms with Crippen molar-refractivity contribution in [2.24, 2.45) is 10.3 Å². The lowest BCUT2D eigenvalue weighted by atomic mass is 9.96. The summed E-state index contributed by atoms with van der Waals surface area (Å²) in [6.45, 7) is 2.69. The highest BCUT2D eigenvalue weighted by molar-refractivity contribution is 8.00. The Kier molecular flexibility index (Phi) is 11.1. The van der Waals surface area contributed by atoms with Gasteiger partial charge in [0.05, 0.1) is 5.69 Å². The van der Waals surface area contributed by atoms with Crippen LogP contribution in [0.4, 0.5) is 17.1 Å². The zero-order valence-corrected chi connectivity index (χ0v) is 30.5. The first kappa shape index (κ1) is 35.4. The number of oxime groups is 2. The first-order chi connectivity index (χ1) is 25.9. The Hall–Kier alpha value is -5.99. The zero-order chi connectivity index (χ0) is 36.6. The second-order valence-electron chi connectivity index (χ2n) is 12.9. The molecule has 8 heteroatoms. The summed E-state index contributed by atoms with van der Waals surface area (Å²) in [5, 5.41) is 11.4. The van der Waals surface area contributed by atoms with Crippen LogP contribution in [0, 0.1) is 0 Å². The summed E-state index contributed by atoms with van der Waals surface area (Å²) in [6, 6.07) is 48.7. The van der Waals surface area contributed by atoms with Gasteiger partial charge in [-0.15, -0.1) is 11.8 Å². The number of rotatable bonds is 11. The van der Waals surface area contributed by atoms with E-state index in [0.717, 1.165) is 50.1 Å². The van der Waals surface area contributed by atoms with Gasteiger partial charge in [0.2, 0.25) is 0 Å². The molecule has 7 nitrogen and oxygen atoms in total. The van der Waals surface area contributed by atoms with E-state index in [0.29, 0.717) is 16.7 Å². The van der Waals surface area contributed by atoms with E-state index >= 15 is 0 Å². The third-order valence-electron chi connectivity index (χ3n) is 9.06. The first-order valence-electron chi connectivity index (χ1n) is 17.8. The van der Waals surface area contributed by atoms with Crippen molar-refractivity contribution in [3.63, 3.8) is 0 Å². The average molecular weight is 718 g/mol. The van der Waals surface area contributed by atoms with Crippen molar-refractivity contribution >= 4 is 63.0 Å². The van der Waals surface area contributed by atoms with E-state index in [2.05, 4.69) is 57.7 Å². The second-order valence-corrected chi connectivity index (χ2v) is 14.3. The number of thioether (sulfide) groups is 1. The molecule has 1 aliphatic rings. The summed E-state index contributed by atoms with van der Waals surface area (Å²) in [5.41, 5.74) is 7.14. The number of fused-ring (bicyclic) bond motifs is 1. The van der Waals surface area contributed by atoms with Gasteiger partial charge >= 0.3 is 11.9 Å². The molecule has 7 rings (SSSR count). The van der Waals surface area contributed by atoms with Gasteiger partial charge in [0.15, 0.2) is 0 Å². The van der Waals surface area contributed by atoms with Crippen LogP contribution in [0.15, 0.2) is 161 Å². The van der Waals surface area contributed by atoms with E-state index in [4.69, 9.17) is 9.68 Å². The van der Waals surface area contributed by atoms with E-state index in [-0.39, 0.29) is 0 Å². The van der Waals surface area contributed by atoms with Crippen LogP contribution in [-0.4, -0.2) is 28.6 Å². The topological polar surface area (TPSA) is 80.6 Å². The molecule has 1 aliphatic carbocycles. The minimum absolute atomic E-state index is 0.492. The predicted octanol–water partition coefficient (Wildman–Crippen LogP) is 11.0. The van der Waals surface area contributed by atoms with Crippen molar-refractivity contribution in [1.82, 2.24) is 0 Å². The van der Waals surface area contributed by atoms with Crippen LogP contribution in [0.2, 0.25) is 0 Å². The number of nitrogens with zero attached hydrogens (tertiary/aromatic N) is 3. The van der Waals surface area contributed by atoms with E-state index in [1.54, 1.807) is 0 Å². The Balaban J connectivity index is 1.41. The Morgan fingerprint density at radius 1 is 0.585 bits per heavy atom. The number of carbonyl (C=O) groups is 2. The van der Waals surface area contributed by atoms with Gasteiger partial charge in [-0.05, 0) is 66.8 Å². The SMILES string of the molecule is CC(=O)O/N=C(/c1ccccc1)c1ccc(N(c2ccccc2)c2cc(/C(=N\OC(C)=O)c3ccccc3)cc3cc(SC4CCCC4)ccc23)cc1. The molecule has 6 aromatic carbocycles. The van der Waals surface area contributed by atoms with E-state index in [1.807, 2.05) is 115 Å². The third kappa shape index (κ3) is 8.56. The van der Waals surface area contributed by atoms with Crippen molar-refractivity contribution in [2.45, 2.75) is 49.7 Å². The number of benzene rings is 6. The van der Waals surface area contributed by atoms with Gasteiger partial charge in [0.1, 0.15) is 11.4 Å². The Bertz CT molecular complexity index is 2270. The lowest BCUT2D eigenvalue weighted by molar-refractivity contribution is -0.141. The van der Waals surface area contributed by atoms with Crippen LogP contribution in [-0.2, 0) is 19.3 Å². The monoisotopic (exact) mass is 717 g/mol. The first-order valence-corrected chi connectivity index (χ1v) is 18.6. The van der Waals surface area contributed by atoms with Gasteiger partial charge in [-0.25, -0.2) is 9.59 Å². The second kappa shape index (κ2) is 16.6. The van der Waals surface area contributed by atoms with Crippen molar-refractivity contribution in [2.75, 3.05) is 4.90 Å². The van der Waals surface area contributed by atoms with Crippen molar-refractivity contribution < 1.29 is 19.3 Å². The van der Waals surface area contributed by atoms with Crippen molar-refractivity contribution in [3.8, 4) is 0 Å². The average Bonchev–Trinajstić information content (AvgIpc) is 3.70. The number of hydrogen-bond acceptors (Lipinski definition) is 8. The molecule has 0 atom stereocenters. The molecule has 1 fully saturated rings. The number of para-hydroxylation sites is 1. The van der Waals surface area contributed by atoms with Gasteiger partial charge < -0.3 is 14.6 Å². The van der Waals surface area contributed by atoms with Crippen molar-refractivity contribution in [1.29, 1.82) is 0 Å². The minimum Gasteiger partial charge on any atom is -0.318 e. The van der Waals surface area contributed by atoms with Crippen LogP contribution in [0.1, 0.15) is 61.8 Å². The highest BCUT2D eigenvalue weighted by Gasteiger charge is 2.22. The molecule has 53 heavy (non-hydrogen) atoms. The molecule has 0 bridgehead atoms. The van der Waals surface area contributed by atoms with Crippen molar-refractivity contribution in [3.05, 3.63) is 168 Å². The summed E-state index contributed by atoms with van der Waals surface area (Å²) in [4.78, 5) is 37.7. The Morgan fingerprint density at radius 2 is 1.09 bits per heavy atom. The van der Waals surface area contributed by atoms with E-state index < -0.39 is 11.9 Å². The molecular weight excluding hydrogens is 679 g/mol. The van der Waals surface area contributed by atoms with Gasteiger partial charge in [-0.3, -0.25) is 0 Å². The highest BCUT2D eigenvalue weighted by Crippen LogP contribution is 2.42. The summed E-state index contributed by atoms with van der Waals surface area (Å²) in [6.07, 6.45) is 5.02. The molecule has 0 unspecified atom stereocenters. The van der Waals surface area contributed by atoms with Crippen LogP contribution >= 0.6 is 11.8 Å². The smallest absolute Gasteiger partial charge is 0.318 e. The zero-order valence-electron chi connectivity index (χ0n) is 29.6. The molecule has 1 saturated carbocycles. The molecule has 264 valence electrons. The lowest BCUT2D eigenvalue weighted by Crippen LogP contribution is -2.13. The number of hydrogen-bond donors (Lipinski definition) is 0. The maximum Gasteiger partial charge on any atom is 0.332 e. The molecule has 0 heterocycles. The Labute approximate surface area is 313 Å². The van der Waals surface area contributed by atoms with Gasteiger partial charge in [0.25, 0.3) is 0 Å². The fourth-order valence-electron chi connectivity index (χ4n) is 6.65. The van der Waals surface area contributed by atoms with Crippen LogP contribution < -0.4 is 4.90 Å². The normalized spacial score (nSPS) is 13.5. The summed E-state index contributed by atoms with van der Waals surface area (Å²) in [5.74, 6) is -0.984. The quantitative estimate of drug-likeness (QED) is 0.0754. The molecule has 6 aromatic rings. The largest absolute Gasteiger partial charge is 0.332 e. The number of anilines is 3. The molecule has 0 spiro atoms. The molecule has 0 radical (unpaired) electrons. The summed E-state index contributed by atoms with van der Waals surface area (Å²) >= 11 is 1.95. The molecule has 0 amide bonds. The standard InChI is InChI=1S/C45H39N3O4S/c1-31(49)51-46-44(33-14-6-3-7-15-33)35-22-24-39(25-23-35)48(38-18-10-5-11-19-38)43-30-37(45(47-52-32(2)50)34-16-8-4-9-17-34)28-36-29-41(26-27-42(36)43)53-40-20-12-13-21-40/h3-11,14-19,22-30,40H,12-13,20-21H2,1-2H3/b46-44-,47-45-. The summed E-state index contributed by atoms with van der Waals surface area (Å²) in [7, 11) is 0. The maximum absolute atomic E-state index is 12.0. The molecular formula is C45H39N3O4S. The molecule has 0 aliphatic heterocycles. The van der Waals surface area contributed by atoms with Gasteiger partial charge in [-0.1, -0.05) is 120 Å². The molecule has 0 aromatic heterocycles. The minimum atomic E-state index is -0.493. The van der Waals surface area contributed by atoms with E-state index in [9.17, 15) is 9.59 Å². The van der Waals surface area contributed by atoms with Gasteiger partial charge in [-0.2, -0.15) is 0 Å². The fraction of sp³-hybridized carbons (Fsp3) is 0.156. The molecule has 0 saturated heterocycles. The fourth-order valence-corrected chi connectivity index (χ4v) is 7.95. The Morgan fingerprint density at radius 3 is 1.66 bits per heavy atom. The maximum atomic E-state index is 12.0. The van der Waals surface area contributed by atoms with Gasteiger partial charge in [0, 0.05) is 63.0 Å². The van der Waals surface area contributed by atoms with Crippen LogP contribution in [0.5, 0.6) is 0 Å². The highest BCUT2D eigenvalue weighted by atomic mass is 32.2. The third-order valence-corrected chi connectivity index (χ3v) is 10.4. The predicted molar refractivity (Wildman–Crippen MR) is 214 cm³/mol. The summed E-state index contributed by atoms with van der Waals surface area (Å²) < 4.78 is 0. The van der Waals surface area contributed by atoms with Crippen LogP contribution in [0.3, 0.4) is 0 Å². The lowest BCUT2D eigenvalue weighted by Gasteiger charge is -2.28. The molecule has 0 N–H and O–H groups in total. The van der Waals surface area contributed by atoms with E-state index in [1.165, 1.54) is 44.4 Å². The number of carbonyl (C=O) groups excluding carboxylic acids is 2.